The summed E-state index contributed by atoms with van der Waals surface area (Å²) >= 11 is 0. The number of ether oxygens (including phenoxy) is 1. The van der Waals surface area contributed by atoms with Gasteiger partial charge in [0.25, 0.3) is 0 Å². The van der Waals surface area contributed by atoms with E-state index in [1.54, 1.807) is 4.90 Å². The summed E-state index contributed by atoms with van der Waals surface area (Å²) in [4.78, 5) is 26.5. The molecular formula is C18H31FN2O3. The molecule has 0 spiro atoms. The largest absolute Gasteiger partial charge is 0.444 e. The minimum atomic E-state index is -0.691. The van der Waals surface area contributed by atoms with Crippen LogP contribution < -0.4 is 5.32 Å². The Morgan fingerprint density at radius 3 is 2.29 bits per heavy atom. The van der Waals surface area contributed by atoms with Crippen LogP contribution in [0.4, 0.5) is 9.18 Å². The van der Waals surface area contributed by atoms with Crippen molar-refractivity contribution in [2.45, 2.75) is 71.6 Å². The van der Waals surface area contributed by atoms with Crippen LogP contribution in [0, 0.1) is 11.3 Å². The average molecular weight is 342 g/mol. The molecule has 0 bridgehead atoms. The lowest BCUT2D eigenvalue weighted by Crippen LogP contribution is -2.51. The van der Waals surface area contributed by atoms with Crippen molar-refractivity contribution >= 4 is 12.0 Å². The van der Waals surface area contributed by atoms with E-state index in [2.05, 4.69) is 5.32 Å². The predicted octanol–water partition coefficient (Wildman–Crippen LogP) is 3.28. The molecule has 0 aromatic heterocycles. The molecule has 6 heteroatoms. The summed E-state index contributed by atoms with van der Waals surface area (Å²) in [5, 5.41) is 3.01. The molecule has 1 saturated heterocycles. The lowest BCUT2D eigenvalue weighted by molar-refractivity contribution is -0.134. The Morgan fingerprint density at radius 1 is 1.25 bits per heavy atom. The van der Waals surface area contributed by atoms with Crippen LogP contribution >= 0.6 is 0 Å². The minimum Gasteiger partial charge on any atom is -0.444 e. The molecule has 5 nitrogen and oxygen atoms in total. The number of hydrogen-bond acceptors (Lipinski definition) is 3. The Labute approximate surface area is 144 Å². The third-order valence-corrected chi connectivity index (χ3v) is 5.26. The zero-order valence-corrected chi connectivity index (χ0v) is 15.4. The molecule has 0 unspecified atom stereocenters. The van der Waals surface area contributed by atoms with Crippen LogP contribution in [0.15, 0.2) is 0 Å². The van der Waals surface area contributed by atoms with Crippen molar-refractivity contribution in [2.24, 2.45) is 11.3 Å². The summed E-state index contributed by atoms with van der Waals surface area (Å²) in [5.74, 6) is 0.329. The Kier molecular flexibility index (Phi) is 5.76. The van der Waals surface area contributed by atoms with Crippen LogP contribution in [0.3, 0.4) is 0 Å². The number of rotatable bonds is 4. The number of alkyl halides is 1. The third kappa shape index (κ3) is 4.61. The van der Waals surface area contributed by atoms with E-state index in [1.165, 1.54) is 0 Å². The van der Waals surface area contributed by atoms with E-state index in [1.807, 2.05) is 27.7 Å². The van der Waals surface area contributed by atoms with Gasteiger partial charge < -0.3 is 15.0 Å². The Balaban J connectivity index is 1.83. The number of piperidine rings is 1. The molecule has 1 aliphatic heterocycles. The van der Waals surface area contributed by atoms with Gasteiger partial charge in [0.05, 0.1) is 5.41 Å². The monoisotopic (exact) mass is 342 g/mol. The fraction of sp³-hybridized carbons (Fsp3) is 0.889. The number of nitrogens with zero attached hydrogens (tertiary/aromatic N) is 1. The van der Waals surface area contributed by atoms with Gasteiger partial charge in [0, 0.05) is 19.6 Å². The van der Waals surface area contributed by atoms with Crippen molar-refractivity contribution in [3.63, 3.8) is 0 Å². The molecule has 1 saturated carbocycles. The molecule has 0 aromatic rings. The lowest BCUT2D eigenvalue weighted by Gasteiger charge is -2.41. The highest BCUT2D eigenvalue weighted by Crippen LogP contribution is 2.36. The summed E-state index contributed by atoms with van der Waals surface area (Å²) in [5.41, 5.74) is -0.928. The summed E-state index contributed by atoms with van der Waals surface area (Å²) in [6, 6.07) is 0. The summed E-state index contributed by atoms with van der Waals surface area (Å²) in [6.45, 7) is 9.20. The van der Waals surface area contributed by atoms with E-state index >= 15 is 0 Å². The molecule has 0 radical (unpaired) electrons. The van der Waals surface area contributed by atoms with Crippen LogP contribution in [0.5, 0.6) is 0 Å². The number of carbonyl (C=O) groups is 2. The SMILES string of the molecule is CCC1(C(=O)NC[C@H]2C[C@H](F)C2)CCN(C(=O)OC(C)(C)C)CC1. The topological polar surface area (TPSA) is 58.6 Å². The molecule has 1 aliphatic carbocycles. The second-order valence-corrected chi connectivity index (χ2v) is 8.25. The molecular weight excluding hydrogens is 311 g/mol. The van der Waals surface area contributed by atoms with Gasteiger partial charge in [-0.05, 0) is 58.8 Å². The van der Waals surface area contributed by atoms with Crippen molar-refractivity contribution in [3.05, 3.63) is 0 Å². The van der Waals surface area contributed by atoms with E-state index < -0.39 is 17.2 Å². The van der Waals surface area contributed by atoms with Crippen molar-refractivity contribution in [3.8, 4) is 0 Å². The minimum absolute atomic E-state index is 0.0520. The van der Waals surface area contributed by atoms with E-state index in [0.717, 1.165) is 6.42 Å². The molecule has 2 fully saturated rings. The second-order valence-electron chi connectivity index (χ2n) is 8.25. The van der Waals surface area contributed by atoms with Gasteiger partial charge in [0.15, 0.2) is 0 Å². The van der Waals surface area contributed by atoms with E-state index in [0.29, 0.717) is 45.3 Å². The smallest absolute Gasteiger partial charge is 0.410 e. The molecule has 2 aliphatic rings. The molecule has 1 heterocycles. The quantitative estimate of drug-likeness (QED) is 0.853. The highest BCUT2D eigenvalue weighted by molar-refractivity contribution is 5.83. The van der Waals surface area contributed by atoms with Crippen molar-refractivity contribution in [1.29, 1.82) is 0 Å². The number of nitrogens with one attached hydrogen (secondary N) is 1. The van der Waals surface area contributed by atoms with Gasteiger partial charge in [0.2, 0.25) is 5.91 Å². The van der Waals surface area contributed by atoms with Gasteiger partial charge in [-0.15, -0.1) is 0 Å². The van der Waals surface area contributed by atoms with Crippen LogP contribution in [-0.2, 0) is 9.53 Å². The van der Waals surface area contributed by atoms with Gasteiger partial charge in [-0.3, -0.25) is 4.79 Å². The fourth-order valence-corrected chi connectivity index (χ4v) is 3.43. The number of carbonyl (C=O) groups excluding carboxylic acids is 2. The summed E-state index contributed by atoms with van der Waals surface area (Å²) in [7, 11) is 0. The van der Waals surface area contributed by atoms with Crippen LogP contribution in [0.1, 0.15) is 59.8 Å². The Bertz CT molecular complexity index is 461. The van der Waals surface area contributed by atoms with Crippen LogP contribution in [0.25, 0.3) is 0 Å². The molecule has 138 valence electrons. The number of hydrogen-bond donors (Lipinski definition) is 1. The summed E-state index contributed by atoms with van der Waals surface area (Å²) in [6.07, 6.45) is 2.16. The molecule has 2 amide bonds. The van der Waals surface area contributed by atoms with Crippen molar-refractivity contribution in [1.82, 2.24) is 10.2 Å². The molecule has 1 N–H and O–H groups in total. The van der Waals surface area contributed by atoms with Gasteiger partial charge in [-0.1, -0.05) is 6.92 Å². The number of halogens is 1. The second kappa shape index (κ2) is 7.28. The van der Waals surface area contributed by atoms with Gasteiger partial charge in [-0.25, -0.2) is 9.18 Å². The van der Waals surface area contributed by atoms with E-state index in [-0.39, 0.29) is 17.9 Å². The first-order valence-electron chi connectivity index (χ1n) is 9.05. The van der Waals surface area contributed by atoms with Crippen molar-refractivity contribution in [2.75, 3.05) is 19.6 Å². The maximum atomic E-state index is 12.9. The first-order chi connectivity index (χ1) is 11.1. The molecule has 24 heavy (non-hydrogen) atoms. The van der Waals surface area contributed by atoms with Gasteiger partial charge >= 0.3 is 6.09 Å². The molecule has 0 atom stereocenters. The first kappa shape index (κ1) is 19.0. The van der Waals surface area contributed by atoms with Gasteiger partial charge in [-0.2, -0.15) is 0 Å². The van der Waals surface area contributed by atoms with Crippen LogP contribution in [0.2, 0.25) is 0 Å². The number of amides is 2. The summed E-state index contributed by atoms with van der Waals surface area (Å²) < 4.78 is 18.3. The third-order valence-electron chi connectivity index (χ3n) is 5.26. The fourth-order valence-electron chi connectivity index (χ4n) is 3.43. The standard InChI is InChI=1S/C18H31FN2O3/c1-5-18(15(22)20-12-13-10-14(19)11-13)6-8-21(9-7-18)16(23)24-17(2,3)4/h13-14H,5-12H2,1-4H3,(H,20,22)/t13-,14-. The maximum Gasteiger partial charge on any atom is 0.410 e. The zero-order valence-electron chi connectivity index (χ0n) is 15.4. The van der Waals surface area contributed by atoms with Crippen molar-refractivity contribution < 1.29 is 18.7 Å². The Morgan fingerprint density at radius 2 is 1.83 bits per heavy atom. The zero-order chi connectivity index (χ0) is 18.0. The maximum absolute atomic E-state index is 12.9. The van der Waals surface area contributed by atoms with E-state index in [9.17, 15) is 14.0 Å². The molecule has 2 rings (SSSR count). The highest BCUT2D eigenvalue weighted by Gasteiger charge is 2.42. The Hall–Kier alpha value is -1.33. The number of likely N-dealkylation sites (tertiary alicyclic amines) is 1. The average Bonchev–Trinajstić information content (AvgIpc) is 2.48. The lowest BCUT2D eigenvalue weighted by atomic mass is 9.75. The van der Waals surface area contributed by atoms with E-state index in [4.69, 9.17) is 4.74 Å². The normalized spacial score (nSPS) is 26.5. The predicted molar refractivity (Wildman–Crippen MR) is 90.4 cm³/mol. The molecule has 0 aromatic carbocycles. The highest BCUT2D eigenvalue weighted by atomic mass is 19.1. The van der Waals surface area contributed by atoms with Gasteiger partial charge in [0.1, 0.15) is 11.8 Å². The first-order valence-corrected chi connectivity index (χ1v) is 9.05. The van der Waals surface area contributed by atoms with Crippen LogP contribution in [-0.4, -0.2) is 48.3 Å².